The maximum absolute atomic E-state index is 12.9. The first-order valence-corrected chi connectivity index (χ1v) is 9.86. The minimum Gasteiger partial charge on any atom is -0.324 e. The Hall–Kier alpha value is -3.74. The number of hydrogen-bond acceptors (Lipinski definition) is 4. The van der Waals surface area contributed by atoms with Crippen LogP contribution in [-0.2, 0) is 17.8 Å². The maximum Gasteiger partial charge on any atom is 0.293 e. The van der Waals surface area contributed by atoms with Crippen molar-refractivity contribution in [2.45, 2.75) is 33.7 Å². The Balaban J connectivity index is 1.59. The van der Waals surface area contributed by atoms with Gasteiger partial charge in [0.15, 0.2) is 0 Å². The van der Waals surface area contributed by atoms with Gasteiger partial charge in [0, 0.05) is 11.3 Å². The lowest BCUT2D eigenvalue weighted by Crippen LogP contribution is -2.30. The lowest BCUT2D eigenvalue weighted by atomic mass is 10.0. The number of anilines is 1. The van der Waals surface area contributed by atoms with E-state index in [0.29, 0.717) is 16.9 Å². The second kappa shape index (κ2) is 7.94. The largest absolute Gasteiger partial charge is 0.324 e. The molecule has 0 aliphatic heterocycles. The number of nitrogens with zero attached hydrogens (tertiary/aromatic N) is 4. The molecule has 7 heteroatoms. The SMILES string of the molecule is CCc1ccc(NC(=O)Cn2ncn3nc(-c4cc(C)ccc4C)cc3c2=O)cc1. The summed E-state index contributed by atoms with van der Waals surface area (Å²) in [5.74, 6) is -0.313. The standard InChI is InChI=1S/C23H23N5O2/c1-4-17-7-9-18(10-8-17)25-22(29)13-27-23(30)21-12-20(26-28(21)14-24-27)19-11-15(2)5-6-16(19)3/h5-12,14H,4,13H2,1-3H3,(H,25,29). The number of amides is 1. The number of rotatable bonds is 5. The number of aromatic nitrogens is 4. The lowest BCUT2D eigenvalue weighted by molar-refractivity contribution is -0.117. The lowest BCUT2D eigenvalue weighted by Gasteiger charge is -2.07. The molecule has 2 aromatic carbocycles. The molecule has 30 heavy (non-hydrogen) atoms. The molecule has 152 valence electrons. The van der Waals surface area contributed by atoms with Crippen molar-refractivity contribution in [2.24, 2.45) is 0 Å². The molecule has 2 heterocycles. The van der Waals surface area contributed by atoms with E-state index in [1.165, 1.54) is 16.4 Å². The summed E-state index contributed by atoms with van der Waals surface area (Å²) >= 11 is 0. The fourth-order valence-electron chi connectivity index (χ4n) is 3.35. The van der Waals surface area contributed by atoms with Crippen LogP contribution in [-0.4, -0.2) is 25.3 Å². The Bertz CT molecular complexity index is 1290. The van der Waals surface area contributed by atoms with Crippen LogP contribution >= 0.6 is 0 Å². The fourth-order valence-corrected chi connectivity index (χ4v) is 3.35. The van der Waals surface area contributed by atoms with E-state index < -0.39 is 0 Å². The van der Waals surface area contributed by atoms with Gasteiger partial charge >= 0.3 is 0 Å². The average Bonchev–Trinajstić information content (AvgIpc) is 3.17. The molecule has 0 fully saturated rings. The van der Waals surface area contributed by atoms with Crippen LogP contribution in [0.2, 0.25) is 0 Å². The van der Waals surface area contributed by atoms with E-state index in [0.717, 1.165) is 27.8 Å². The highest BCUT2D eigenvalue weighted by Crippen LogP contribution is 2.23. The predicted molar refractivity (Wildman–Crippen MR) is 117 cm³/mol. The molecular formula is C23H23N5O2. The molecule has 0 bridgehead atoms. The first-order valence-electron chi connectivity index (χ1n) is 9.86. The molecule has 0 aliphatic carbocycles. The topological polar surface area (TPSA) is 81.3 Å². The van der Waals surface area contributed by atoms with Crippen LogP contribution in [0.15, 0.2) is 59.7 Å². The van der Waals surface area contributed by atoms with Crippen molar-refractivity contribution in [1.82, 2.24) is 19.4 Å². The van der Waals surface area contributed by atoms with Crippen LogP contribution in [0.5, 0.6) is 0 Å². The van der Waals surface area contributed by atoms with E-state index in [9.17, 15) is 9.59 Å². The molecule has 4 rings (SSSR count). The summed E-state index contributed by atoms with van der Waals surface area (Å²) in [6.45, 7) is 5.92. The second-order valence-electron chi connectivity index (χ2n) is 7.37. The molecule has 0 radical (unpaired) electrons. The summed E-state index contributed by atoms with van der Waals surface area (Å²) in [7, 11) is 0. The van der Waals surface area contributed by atoms with E-state index >= 15 is 0 Å². The summed E-state index contributed by atoms with van der Waals surface area (Å²) in [6.07, 6.45) is 2.39. The highest BCUT2D eigenvalue weighted by molar-refractivity contribution is 5.90. The maximum atomic E-state index is 12.9. The van der Waals surface area contributed by atoms with Crippen molar-refractivity contribution in [3.63, 3.8) is 0 Å². The van der Waals surface area contributed by atoms with Crippen LogP contribution in [0.3, 0.4) is 0 Å². The summed E-state index contributed by atoms with van der Waals surface area (Å²) in [5, 5.41) is 11.4. The number of benzene rings is 2. The second-order valence-corrected chi connectivity index (χ2v) is 7.37. The summed E-state index contributed by atoms with van der Waals surface area (Å²) in [5.41, 5.74) is 5.76. The van der Waals surface area contributed by atoms with Crippen molar-refractivity contribution in [2.75, 3.05) is 5.32 Å². The van der Waals surface area contributed by atoms with Crippen molar-refractivity contribution in [3.05, 3.63) is 81.9 Å². The average molecular weight is 401 g/mol. The first kappa shape index (κ1) is 19.6. The third-order valence-electron chi connectivity index (χ3n) is 5.10. The van der Waals surface area contributed by atoms with Crippen molar-refractivity contribution in [1.29, 1.82) is 0 Å². The Morgan fingerprint density at radius 3 is 2.57 bits per heavy atom. The third-order valence-corrected chi connectivity index (χ3v) is 5.10. The van der Waals surface area contributed by atoms with Crippen LogP contribution in [0.1, 0.15) is 23.6 Å². The first-order chi connectivity index (χ1) is 14.4. The van der Waals surface area contributed by atoms with Gasteiger partial charge in [-0.3, -0.25) is 9.59 Å². The van der Waals surface area contributed by atoms with Crippen molar-refractivity contribution in [3.8, 4) is 11.3 Å². The number of carbonyl (C=O) groups excluding carboxylic acids is 1. The van der Waals surface area contributed by atoms with E-state index in [1.807, 2.05) is 56.3 Å². The molecule has 0 aliphatic rings. The van der Waals surface area contributed by atoms with Gasteiger partial charge in [0.2, 0.25) is 5.91 Å². The Morgan fingerprint density at radius 1 is 1.07 bits per heavy atom. The molecule has 1 amide bonds. The van der Waals surface area contributed by atoms with Gasteiger partial charge in [-0.25, -0.2) is 9.20 Å². The fraction of sp³-hybridized carbons (Fsp3) is 0.217. The van der Waals surface area contributed by atoms with Crippen LogP contribution in [0, 0.1) is 13.8 Å². The van der Waals surface area contributed by atoms with Gasteiger partial charge in [0.05, 0.1) is 5.69 Å². The predicted octanol–water partition coefficient (Wildman–Crippen LogP) is 3.38. The number of aryl methyl sites for hydroxylation is 3. The molecule has 0 spiro atoms. The van der Waals surface area contributed by atoms with Crippen LogP contribution < -0.4 is 10.9 Å². The zero-order valence-corrected chi connectivity index (χ0v) is 17.2. The van der Waals surface area contributed by atoms with Gasteiger partial charge in [0.25, 0.3) is 5.56 Å². The minimum atomic E-state index is -0.363. The van der Waals surface area contributed by atoms with E-state index in [1.54, 1.807) is 6.07 Å². The van der Waals surface area contributed by atoms with Crippen LogP contribution in [0.25, 0.3) is 16.8 Å². The molecule has 7 nitrogen and oxygen atoms in total. The van der Waals surface area contributed by atoms with Gasteiger partial charge in [0.1, 0.15) is 18.4 Å². The minimum absolute atomic E-state index is 0.172. The molecule has 0 atom stereocenters. The normalized spacial score (nSPS) is 11.0. The van der Waals surface area contributed by atoms with E-state index in [4.69, 9.17) is 0 Å². The monoisotopic (exact) mass is 401 g/mol. The number of fused-ring (bicyclic) bond motifs is 1. The number of nitrogens with one attached hydrogen (secondary N) is 1. The quantitative estimate of drug-likeness (QED) is 0.556. The van der Waals surface area contributed by atoms with E-state index in [-0.39, 0.29) is 18.0 Å². The highest BCUT2D eigenvalue weighted by Gasteiger charge is 2.13. The zero-order valence-electron chi connectivity index (χ0n) is 17.2. The van der Waals surface area contributed by atoms with E-state index in [2.05, 4.69) is 22.4 Å². The van der Waals surface area contributed by atoms with Gasteiger partial charge in [-0.2, -0.15) is 10.2 Å². The van der Waals surface area contributed by atoms with Crippen molar-refractivity contribution >= 4 is 17.1 Å². The molecule has 1 N–H and O–H groups in total. The Labute approximate surface area is 174 Å². The third kappa shape index (κ3) is 3.87. The molecule has 0 unspecified atom stereocenters. The Kier molecular flexibility index (Phi) is 5.18. The molecule has 4 aromatic rings. The smallest absolute Gasteiger partial charge is 0.293 e. The molecule has 2 aromatic heterocycles. The summed E-state index contributed by atoms with van der Waals surface area (Å²) in [6, 6.07) is 15.5. The number of carbonyl (C=O) groups is 1. The highest BCUT2D eigenvalue weighted by atomic mass is 16.2. The van der Waals surface area contributed by atoms with Crippen molar-refractivity contribution < 1.29 is 4.79 Å². The molecule has 0 saturated heterocycles. The van der Waals surface area contributed by atoms with Gasteiger partial charge in [-0.15, -0.1) is 0 Å². The van der Waals surface area contributed by atoms with Gasteiger partial charge in [-0.1, -0.05) is 36.8 Å². The van der Waals surface area contributed by atoms with Gasteiger partial charge in [-0.05, 0) is 55.7 Å². The number of hydrogen-bond donors (Lipinski definition) is 1. The molecular weight excluding hydrogens is 378 g/mol. The van der Waals surface area contributed by atoms with Crippen LogP contribution in [0.4, 0.5) is 5.69 Å². The Morgan fingerprint density at radius 2 is 1.83 bits per heavy atom. The van der Waals surface area contributed by atoms with Gasteiger partial charge < -0.3 is 5.32 Å². The summed E-state index contributed by atoms with van der Waals surface area (Å²) < 4.78 is 2.61. The summed E-state index contributed by atoms with van der Waals surface area (Å²) in [4.78, 5) is 25.3. The zero-order chi connectivity index (χ0) is 21.3. The molecule has 0 saturated carbocycles.